The second kappa shape index (κ2) is 6.22. The van der Waals surface area contributed by atoms with Gasteiger partial charge in [0.05, 0.1) is 13.0 Å². The van der Waals surface area contributed by atoms with Crippen LogP contribution in [0.3, 0.4) is 0 Å². The van der Waals surface area contributed by atoms with Crippen LogP contribution in [0, 0.1) is 5.92 Å². The number of amides is 1. The van der Waals surface area contributed by atoms with Crippen LogP contribution in [0.4, 0.5) is 0 Å². The normalized spacial score (nSPS) is 18.7. The first-order valence-electron chi connectivity index (χ1n) is 6.34. The first-order valence-corrected chi connectivity index (χ1v) is 6.34. The predicted octanol–water partition coefficient (Wildman–Crippen LogP) is 1.22. The van der Waals surface area contributed by atoms with Crippen LogP contribution >= 0.6 is 0 Å². The van der Waals surface area contributed by atoms with E-state index in [1.807, 2.05) is 6.07 Å². The van der Waals surface area contributed by atoms with Gasteiger partial charge in [-0.25, -0.2) is 0 Å². The van der Waals surface area contributed by atoms with E-state index in [9.17, 15) is 9.59 Å². The maximum Gasteiger partial charge on any atom is 0.307 e. The van der Waals surface area contributed by atoms with E-state index in [1.54, 1.807) is 18.2 Å². The third-order valence-corrected chi connectivity index (χ3v) is 3.14. The second-order valence-electron chi connectivity index (χ2n) is 4.70. The van der Waals surface area contributed by atoms with E-state index < -0.39 is 5.97 Å². The lowest BCUT2D eigenvalue weighted by molar-refractivity contribution is -0.136. The number of hydrogen-bond donors (Lipinski definition) is 2. The van der Waals surface area contributed by atoms with Crippen molar-refractivity contribution in [2.24, 2.45) is 5.92 Å². The fraction of sp³-hybridized carbons (Fsp3) is 0.429. The summed E-state index contributed by atoms with van der Waals surface area (Å²) in [4.78, 5) is 22.0. The van der Waals surface area contributed by atoms with Gasteiger partial charge in [-0.3, -0.25) is 9.59 Å². The van der Waals surface area contributed by atoms with E-state index in [4.69, 9.17) is 9.84 Å². The van der Waals surface area contributed by atoms with Crippen LogP contribution in [0.5, 0.6) is 5.75 Å². The van der Waals surface area contributed by atoms with Crippen molar-refractivity contribution in [2.75, 3.05) is 13.2 Å². The summed E-state index contributed by atoms with van der Waals surface area (Å²) in [7, 11) is 0. The minimum atomic E-state index is -0.881. The molecule has 1 amide bonds. The molecule has 0 aliphatic carbocycles. The molecule has 1 aliphatic rings. The third kappa shape index (κ3) is 3.98. The molecule has 102 valence electrons. The topological polar surface area (TPSA) is 75.6 Å². The van der Waals surface area contributed by atoms with Crippen molar-refractivity contribution in [3.8, 4) is 5.75 Å². The Labute approximate surface area is 111 Å². The number of carbonyl (C=O) groups excluding carboxylic acids is 1. The number of benzene rings is 1. The van der Waals surface area contributed by atoms with Gasteiger partial charge in [-0.15, -0.1) is 0 Å². The summed E-state index contributed by atoms with van der Waals surface area (Å²) in [5.41, 5.74) is 0.662. The van der Waals surface area contributed by atoms with Crippen molar-refractivity contribution < 1.29 is 19.4 Å². The van der Waals surface area contributed by atoms with Gasteiger partial charge in [-0.2, -0.15) is 0 Å². The molecule has 5 heteroatoms. The van der Waals surface area contributed by atoms with Gasteiger partial charge in [-0.1, -0.05) is 18.2 Å². The summed E-state index contributed by atoms with van der Waals surface area (Å²) in [6, 6.07) is 7.12. The zero-order valence-corrected chi connectivity index (χ0v) is 10.6. The summed E-state index contributed by atoms with van der Waals surface area (Å²) >= 11 is 0. The maximum atomic E-state index is 11.3. The number of hydrogen-bond acceptors (Lipinski definition) is 3. The molecule has 1 saturated heterocycles. The van der Waals surface area contributed by atoms with Crippen LogP contribution in [0.25, 0.3) is 0 Å². The van der Waals surface area contributed by atoms with E-state index in [2.05, 4.69) is 5.32 Å². The molecule has 0 radical (unpaired) electrons. The number of carboxylic acid groups (broad SMARTS) is 1. The van der Waals surface area contributed by atoms with Crippen molar-refractivity contribution in [3.63, 3.8) is 0 Å². The second-order valence-corrected chi connectivity index (χ2v) is 4.70. The van der Waals surface area contributed by atoms with Gasteiger partial charge in [0.2, 0.25) is 5.91 Å². The van der Waals surface area contributed by atoms with E-state index >= 15 is 0 Å². The molecule has 0 bridgehead atoms. The number of aliphatic carboxylic acids is 1. The number of carbonyl (C=O) groups is 2. The Morgan fingerprint density at radius 3 is 2.95 bits per heavy atom. The summed E-state index contributed by atoms with van der Waals surface area (Å²) in [6.07, 6.45) is 1.31. The Balaban J connectivity index is 1.95. The first-order chi connectivity index (χ1) is 9.15. The molecule has 2 N–H and O–H groups in total. The number of para-hydroxylation sites is 1. The molecule has 0 spiro atoms. The fourth-order valence-electron chi connectivity index (χ4n) is 2.16. The molecule has 19 heavy (non-hydrogen) atoms. The molecule has 1 fully saturated rings. The van der Waals surface area contributed by atoms with Crippen molar-refractivity contribution in [1.29, 1.82) is 0 Å². The lowest BCUT2D eigenvalue weighted by Gasteiger charge is -2.22. The number of piperidine rings is 1. The standard InChI is InChI=1S/C14H17NO4/c16-13-7-10(5-6-15-13)9-19-12-4-2-1-3-11(12)8-14(17)18/h1-4,10H,5-9H2,(H,15,16)(H,17,18). The van der Waals surface area contributed by atoms with Crippen LogP contribution in [-0.4, -0.2) is 30.1 Å². The van der Waals surface area contributed by atoms with Gasteiger partial charge in [0.1, 0.15) is 5.75 Å². The Hall–Kier alpha value is -2.04. The maximum absolute atomic E-state index is 11.3. The molecular weight excluding hydrogens is 246 g/mol. The highest BCUT2D eigenvalue weighted by Gasteiger charge is 2.20. The molecular formula is C14H17NO4. The number of nitrogens with one attached hydrogen (secondary N) is 1. The van der Waals surface area contributed by atoms with E-state index in [-0.39, 0.29) is 18.2 Å². The van der Waals surface area contributed by atoms with Gasteiger partial charge >= 0.3 is 5.97 Å². The van der Waals surface area contributed by atoms with Gasteiger partial charge in [0.25, 0.3) is 0 Å². The quantitative estimate of drug-likeness (QED) is 0.837. The van der Waals surface area contributed by atoms with Crippen molar-refractivity contribution in [3.05, 3.63) is 29.8 Å². The van der Waals surface area contributed by atoms with Crippen molar-refractivity contribution in [1.82, 2.24) is 5.32 Å². The minimum Gasteiger partial charge on any atom is -0.493 e. The van der Waals surface area contributed by atoms with Crippen molar-refractivity contribution >= 4 is 11.9 Å². The Bertz CT molecular complexity index is 472. The summed E-state index contributed by atoms with van der Waals surface area (Å²) in [6.45, 7) is 1.13. The van der Waals surface area contributed by atoms with Crippen LogP contribution in [0.1, 0.15) is 18.4 Å². The number of carboxylic acids is 1. The first kappa shape index (κ1) is 13.4. The third-order valence-electron chi connectivity index (χ3n) is 3.14. The zero-order chi connectivity index (χ0) is 13.7. The van der Waals surface area contributed by atoms with E-state index in [0.29, 0.717) is 30.9 Å². The molecule has 2 rings (SSSR count). The highest BCUT2D eigenvalue weighted by molar-refractivity contribution is 5.76. The SMILES string of the molecule is O=C(O)Cc1ccccc1OCC1CCNC(=O)C1. The number of rotatable bonds is 5. The zero-order valence-electron chi connectivity index (χ0n) is 10.6. The summed E-state index contributed by atoms with van der Waals surface area (Å²) in [5, 5.41) is 11.6. The highest BCUT2D eigenvalue weighted by atomic mass is 16.5. The van der Waals surface area contributed by atoms with Gasteiger partial charge in [0.15, 0.2) is 0 Å². The van der Waals surface area contributed by atoms with Crippen LogP contribution in [0.15, 0.2) is 24.3 Å². The molecule has 1 heterocycles. The minimum absolute atomic E-state index is 0.0542. The monoisotopic (exact) mass is 263 g/mol. The Morgan fingerprint density at radius 2 is 2.21 bits per heavy atom. The largest absolute Gasteiger partial charge is 0.493 e. The van der Waals surface area contributed by atoms with Gasteiger partial charge < -0.3 is 15.2 Å². The molecule has 1 aromatic carbocycles. The van der Waals surface area contributed by atoms with E-state index in [1.165, 1.54) is 0 Å². The van der Waals surface area contributed by atoms with Crippen LogP contribution < -0.4 is 10.1 Å². The molecule has 1 unspecified atom stereocenters. The molecule has 0 saturated carbocycles. The predicted molar refractivity (Wildman–Crippen MR) is 69.0 cm³/mol. The molecule has 1 aromatic rings. The lowest BCUT2D eigenvalue weighted by atomic mass is 9.99. The van der Waals surface area contributed by atoms with Gasteiger partial charge in [0, 0.05) is 24.4 Å². The Kier molecular flexibility index (Phi) is 4.39. The van der Waals surface area contributed by atoms with Crippen molar-refractivity contribution in [2.45, 2.75) is 19.3 Å². The molecule has 0 aromatic heterocycles. The average molecular weight is 263 g/mol. The highest BCUT2D eigenvalue weighted by Crippen LogP contribution is 2.21. The molecule has 1 aliphatic heterocycles. The van der Waals surface area contributed by atoms with Crippen LogP contribution in [-0.2, 0) is 16.0 Å². The van der Waals surface area contributed by atoms with E-state index in [0.717, 1.165) is 6.42 Å². The Morgan fingerprint density at radius 1 is 1.42 bits per heavy atom. The smallest absolute Gasteiger partial charge is 0.307 e. The van der Waals surface area contributed by atoms with Crippen LogP contribution in [0.2, 0.25) is 0 Å². The lowest BCUT2D eigenvalue weighted by Crippen LogP contribution is -2.35. The summed E-state index contributed by atoms with van der Waals surface area (Å²) in [5.74, 6) is -0.0331. The molecule has 1 atom stereocenters. The average Bonchev–Trinajstić information content (AvgIpc) is 2.37. The number of ether oxygens (including phenoxy) is 1. The summed E-state index contributed by atoms with van der Waals surface area (Å²) < 4.78 is 5.68. The molecule has 5 nitrogen and oxygen atoms in total. The fourth-order valence-corrected chi connectivity index (χ4v) is 2.16. The van der Waals surface area contributed by atoms with Gasteiger partial charge in [-0.05, 0) is 12.5 Å².